The number of rotatable bonds is 3. The molecule has 0 aromatic carbocycles. The Bertz CT molecular complexity index is 478. The molecule has 4 amide bonds. The predicted octanol–water partition coefficient (Wildman–Crippen LogP) is -0.314. The summed E-state index contributed by atoms with van der Waals surface area (Å²) in [6, 6.07) is -1.38. The average Bonchev–Trinajstić information content (AvgIpc) is 2.86. The zero-order valence-electron chi connectivity index (χ0n) is 11.8. The van der Waals surface area contributed by atoms with E-state index in [9.17, 15) is 19.2 Å². The van der Waals surface area contributed by atoms with Gasteiger partial charge in [0, 0.05) is 6.04 Å². The lowest BCUT2D eigenvalue weighted by atomic mass is 10.1. The number of nitrogens with one attached hydrogen (secondary N) is 2. The molecule has 1 aliphatic heterocycles. The van der Waals surface area contributed by atoms with Crippen LogP contribution in [-0.2, 0) is 14.4 Å². The van der Waals surface area contributed by atoms with Crippen molar-refractivity contribution >= 4 is 23.8 Å². The number of amides is 4. The van der Waals surface area contributed by atoms with Gasteiger partial charge in [0.25, 0.3) is 0 Å². The second-order valence-electron chi connectivity index (χ2n) is 5.46. The zero-order valence-corrected chi connectivity index (χ0v) is 11.8. The zero-order chi connectivity index (χ0) is 15.6. The lowest BCUT2D eigenvalue weighted by Crippen LogP contribution is -2.62. The van der Waals surface area contributed by atoms with Crippen molar-refractivity contribution in [1.82, 2.24) is 15.5 Å². The molecule has 2 rings (SSSR count). The molecule has 8 heteroatoms. The fraction of sp³-hybridized carbons (Fsp3) is 0.692. The third-order valence-corrected chi connectivity index (χ3v) is 4.01. The van der Waals surface area contributed by atoms with E-state index in [0.717, 1.165) is 0 Å². The van der Waals surface area contributed by atoms with E-state index in [2.05, 4.69) is 10.6 Å². The Morgan fingerprint density at radius 3 is 2.67 bits per heavy atom. The smallest absolute Gasteiger partial charge is 0.318 e. The van der Waals surface area contributed by atoms with E-state index in [1.807, 2.05) is 0 Å². The molecule has 0 radical (unpaired) electrons. The maximum Gasteiger partial charge on any atom is 0.318 e. The van der Waals surface area contributed by atoms with Crippen LogP contribution in [0.4, 0.5) is 4.79 Å². The Morgan fingerprint density at radius 1 is 1.38 bits per heavy atom. The summed E-state index contributed by atoms with van der Waals surface area (Å²) in [5.74, 6) is -2.28. The van der Waals surface area contributed by atoms with Gasteiger partial charge in [-0.2, -0.15) is 0 Å². The highest BCUT2D eigenvalue weighted by Crippen LogP contribution is 2.26. The van der Waals surface area contributed by atoms with Crippen LogP contribution in [-0.4, -0.2) is 52.4 Å². The Morgan fingerprint density at radius 2 is 2.10 bits per heavy atom. The van der Waals surface area contributed by atoms with Gasteiger partial charge in [0.2, 0.25) is 11.8 Å². The van der Waals surface area contributed by atoms with E-state index in [-0.39, 0.29) is 12.6 Å². The molecule has 8 nitrogen and oxygen atoms in total. The summed E-state index contributed by atoms with van der Waals surface area (Å²) in [7, 11) is 0. The third kappa shape index (κ3) is 3.32. The number of carboxylic acids is 1. The topological polar surface area (TPSA) is 116 Å². The number of carbonyl (C=O) groups excluding carboxylic acids is 3. The van der Waals surface area contributed by atoms with Gasteiger partial charge >= 0.3 is 12.0 Å². The van der Waals surface area contributed by atoms with E-state index in [0.29, 0.717) is 25.7 Å². The Labute approximate surface area is 121 Å². The first-order valence-corrected chi connectivity index (χ1v) is 7.06. The standard InChI is InChI=1S/C13H19N3O5/c1-2-9-11(18)15-10(17)6-16(9)13(21)14-8-4-3-7(5-8)12(19)20/h7-9H,2-6H2,1H3,(H,14,21)(H,19,20)(H,15,17,18). The second-order valence-corrected chi connectivity index (χ2v) is 5.46. The first kappa shape index (κ1) is 15.3. The summed E-state index contributed by atoms with van der Waals surface area (Å²) in [6.45, 7) is 1.60. The van der Waals surface area contributed by atoms with Crippen molar-refractivity contribution in [3.8, 4) is 0 Å². The molecule has 1 saturated carbocycles. The SMILES string of the molecule is CCC1C(=O)NC(=O)CN1C(=O)NC1CCC(C(=O)O)C1. The maximum absolute atomic E-state index is 12.2. The highest BCUT2D eigenvalue weighted by Gasteiger charge is 2.37. The predicted molar refractivity (Wildman–Crippen MR) is 71.2 cm³/mol. The molecule has 0 aromatic heterocycles. The van der Waals surface area contributed by atoms with Crippen LogP contribution >= 0.6 is 0 Å². The molecule has 1 heterocycles. The summed E-state index contributed by atoms with van der Waals surface area (Å²) in [5, 5.41) is 13.9. The minimum atomic E-state index is -0.856. The van der Waals surface area contributed by atoms with Gasteiger partial charge in [0.05, 0.1) is 5.92 Å². The van der Waals surface area contributed by atoms with Crippen LogP contribution in [0.25, 0.3) is 0 Å². The number of aliphatic carboxylic acids is 1. The molecule has 116 valence electrons. The molecule has 0 aromatic rings. The van der Waals surface area contributed by atoms with E-state index in [1.54, 1.807) is 6.92 Å². The van der Waals surface area contributed by atoms with Crippen molar-refractivity contribution < 1.29 is 24.3 Å². The summed E-state index contributed by atoms with van der Waals surface area (Å²) in [5.41, 5.74) is 0. The monoisotopic (exact) mass is 297 g/mol. The fourth-order valence-electron chi connectivity index (χ4n) is 2.88. The van der Waals surface area contributed by atoms with Crippen LogP contribution in [0.1, 0.15) is 32.6 Å². The van der Waals surface area contributed by atoms with Crippen LogP contribution < -0.4 is 10.6 Å². The Kier molecular flexibility index (Phi) is 4.44. The Hall–Kier alpha value is -2.12. The molecule has 0 spiro atoms. The molecule has 2 aliphatic rings. The number of nitrogens with zero attached hydrogens (tertiary/aromatic N) is 1. The quantitative estimate of drug-likeness (QED) is 0.618. The molecule has 0 bridgehead atoms. The van der Waals surface area contributed by atoms with Crippen LogP contribution in [0.5, 0.6) is 0 Å². The fourth-order valence-corrected chi connectivity index (χ4v) is 2.88. The summed E-state index contributed by atoms with van der Waals surface area (Å²) < 4.78 is 0. The van der Waals surface area contributed by atoms with Gasteiger partial charge in [0.1, 0.15) is 12.6 Å². The highest BCUT2D eigenvalue weighted by atomic mass is 16.4. The molecule has 1 saturated heterocycles. The van der Waals surface area contributed by atoms with Crippen molar-refractivity contribution in [2.75, 3.05) is 6.54 Å². The average molecular weight is 297 g/mol. The molecule has 21 heavy (non-hydrogen) atoms. The summed E-state index contributed by atoms with van der Waals surface area (Å²) >= 11 is 0. The first-order chi connectivity index (χ1) is 9.92. The van der Waals surface area contributed by atoms with E-state index in [1.165, 1.54) is 4.90 Å². The van der Waals surface area contributed by atoms with Gasteiger partial charge in [-0.3, -0.25) is 19.7 Å². The highest BCUT2D eigenvalue weighted by molar-refractivity contribution is 6.04. The minimum absolute atomic E-state index is 0.162. The number of imide groups is 1. The van der Waals surface area contributed by atoms with Crippen molar-refractivity contribution in [2.45, 2.75) is 44.7 Å². The molecule has 1 aliphatic carbocycles. The number of carboxylic acid groups (broad SMARTS) is 1. The van der Waals surface area contributed by atoms with E-state index < -0.39 is 35.8 Å². The van der Waals surface area contributed by atoms with E-state index >= 15 is 0 Å². The van der Waals surface area contributed by atoms with Gasteiger partial charge in [-0.1, -0.05) is 6.92 Å². The summed E-state index contributed by atoms with van der Waals surface area (Å²) in [4.78, 5) is 47.4. The van der Waals surface area contributed by atoms with Gasteiger partial charge in [0.15, 0.2) is 0 Å². The first-order valence-electron chi connectivity index (χ1n) is 7.06. The largest absolute Gasteiger partial charge is 0.481 e. The van der Waals surface area contributed by atoms with Crippen LogP contribution in [0.3, 0.4) is 0 Å². The van der Waals surface area contributed by atoms with Crippen molar-refractivity contribution in [1.29, 1.82) is 0 Å². The van der Waals surface area contributed by atoms with Crippen LogP contribution in [0, 0.1) is 5.92 Å². The van der Waals surface area contributed by atoms with Gasteiger partial charge in [-0.05, 0) is 25.7 Å². The van der Waals surface area contributed by atoms with Crippen molar-refractivity contribution in [3.05, 3.63) is 0 Å². The van der Waals surface area contributed by atoms with Gasteiger partial charge < -0.3 is 15.3 Å². The van der Waals surface area contributed by atoms with Crippen molar-refractivity contribution in [3.63, 3.8) is 0 Å². The molecule has 3 N–H and O–H groups in total. The molecular formula is C13H19N3O5. The van der Waals surface area contributed by atoms with Gasteiger partial charge in [-0.15, -0.1) is 0 Å². The molecular weight excluding hydrogens is 278 g/mol. The van der Waals surface area contributed by atoms with Gasteiger partial charge in [-0.25, -0.2) is 4.79 Å². The van der Waals surface area contributed by atoms with Crippen LogP contribution in [0.15, 0.2) is 0 Å². The molecule has 2 fully saturated rings. The number of urea groups is 1. The van der Waals surface area contributed by atoms with E-state index in [4.69, 9.17) is 5.11 Å². The number of hydrogen-bond donors (Lipinski definition) is 3. The molecule has 3 atom stereocenters. The second kappa shape index (κ2) is 6.11. The number of piperazine rings is 1. The minimum Gasteiger partial charge on any atom is -0.481 e. The number of hydrogen-bond acceptors (Lipinski definition) is 4. The lowest BCUT2D eigenvalue weighted by molar-refractivity contribution is -0.141. The number of carbonyl (C=O) groups is 4. The maximum atomic E-state index is 12.2. The van der Waals surface area contributed by atoms with Crippen LogP contribution in [0.2, 0.25) is 0 Å². The third-order valence-electron chi connectivity index (χ3n) is 4.01. The van der Waals surface area contributed by atoms with Crippen molar-refractivity contribution in [2.24, 2.45) is 5.92 Å². The summed E-state index contributed by atoms with van der Waals surface area (Å²) in [6.07, 6.45) is 1.91. The molecule has 3 unspecified atom stereocenters. The normalized spacial score (nSPS) is 29.2. The Balaban J connectivity index is 1.97. The lowest BCUT2D eigenvalue weighted by Gasteiger charge is -2.34.